The van der Waals surface area contributed by atoms with E-state index in [2.05, 4.69) is 12.2 Å². The van der Waals surface area contributed by atoms with E-state index in [-0.39, 0.29) is 11.9 Å². The maximum atomic E-state index is 13.1. The molecule has 2 aliphatic heterocycles. The Morgan fingerprint density at radius 1 is 1.24 bits per heavy atom. The molecule has 0 radical (unpaired) electrons. The van der Waals surface area contributed by atoms with Gasteiger partial charge in [-0.1, -0.05) is 18.5 Å². The first-order valence-corrected chi connectivity index (χ1v) is 9.48. The van der Waals surface area contributed by atoms with Gasteiger partial charge in [0.05, 0.1) is 0 Å². The molecule has 6 heteroatoms. The molecule has 2 unspecified atom stereocenters. The van der Waals surface area contributed by atoms with Crippen molar-refractivity contribution in [1.29, 1.82) is 0 Å². The van der Waals surface area contributed by atoms with Crippen LogP contribution in [-0.4, -0.2) is 29.4 Å². The number of benzene rings is 1. The van der Waals surface area contributed by atoms with Gasteiger partial charge in [-0.05, 0) is 67.7 Å². The summed E-state index contributed by atoms with van der Waals surface area (Å²) >= 11 is 6.24. The third-order valence-electron chi connectivity index (χ3n) is 6.21. The largest absolute Gasteiger partial charge is 0.322 e. The zero-order valence-electron chi connectivity index (χ0n) is 14.2. The van der Waals surface area contributed by atoms with Crippen LogP contribution >= 0.6 is 11.6 Å². The van der Waals surface area contributed by atoms with Gasteiger partial charge in [-0.15, -0.1) is 0 Å². The first kappa shape index (κ1) is 17.1. The Hall–Kier alpha value is -1.36. The van der Waals surface area contributed by atoms with Gasteiger partial charge in [0, 0.05) is 28.7 Å². The van der Waals surface area contributed by atoms with Gasteiger partial charge >= 0.3 is 6.03 Å². The van der Waals surface area contributed by atoms with Crippen molar-refractivity contribution in [3.05, 3.63) is 28.8 Å². The first-order chi connectivity index (χ1) is 11.9. The Morgan fingerprint density at radius 3 is 2.56 bits per heavy atom. The number of anilines is 1. The summed E-state index contributed by atoms with van der Waals surface area (Å²) in [6.45, 7) is 2.23. The number of alkyl halides is 2. The number of urea groups is 1. The second kappa shape index (κ2) is 6.42. The highest BCUT2D eigenvalue weighted by molar-refractivity contribution is 6.31. The number of amides is 2. The highest BCUT2D eigenvalue weighted by Crippen LogP contribution is 2.48. The predicted molar refractivity (Wildman–Crippen MR) is 94.4 cm³/mol. The van der Waals surface area contributed by atoms with Crippen molar-refractivity contribution in [2.75, 3.05) is 5.32 Å². The fraction of sp³-hybridized carbons (Fsp3) is 0.632. The minimum absolute atomic E-state index is 0.0829. The number of fused-ring (bicyclic) bond motifs is 2. The van der Waals surface area contributed by atoms with Gasteiger partial charge in [-0.2, -0.15) is 0 Å². The van der Waals surface area contributed by atoms with Crippen LogP contribution in [0, 0.1) is 11.8 Å². The lowest BCUT2D eigenvalue weighted by Gasteiger charge is -2.54. The number of carbonyl (C=O) groups excluding carboxylic acids is 1. The highest BCUT2D eigenvalue weighted by Gasteiger charge is 2.46. The van der Waals surface area contributed by atoms with Crippen LogP contribution in [0.3, 0.4) is 0 Å². The molecule has 2 aliphatic carbocycles. The molecule has 3 nitrogen and oxygen atoms in total. The number of nitrogens with one attached hydrogen (secondary N) is 1. The number of halogens is 3. The van der Waals surface area contributed by atoms with Gasteiger partial charge in [0.2, 0.25) is 6.43 Å². The molecule has 1 aromatic rings. The van der Waals surface area contributed by atoms with E-state index in [1.54, 1.807) is 18.2 Å². The predicted octanol–water partition coefficient (Wildman–Crippen LogP) is 5.50. The van der Waals surface area contributed by atoms with Crippen LogP contribution in [0.15, 0.2) is 18.2 Å². The Labute approximate surface area is 151 Å². The summed E-state index contributed by atoms with van der Waals surface area (Å²) in [7, 11) is 0. The smallest absolute Gasteiger partial charge is 0.318 e. The molecule has 4 fully saturated rings. The van der Waals surface area contributed by atoms with Crippen LogP contribution in [0.5, 0.6) is 0 Å². The van der Waals surface area contributed by atoms with Crippen molar-refractivity contribution in [3.8, 4) is 0 Å². The molecule has 1 aromatic carbocycles. The number of hydrogen-bond donors (Lipinski definition) is 1. The van der Waals surface area contributed by atoms with E-state index in [9.17, 15) is 13.6 Å². The number of rotatable bonds is 3. The molecule has 1 N–H and O–H groups in total. The molecule has 2 heterocycles. The van der Waals surface area contributed by atoms with E-state index in [0.29, 0.717) is 35.1 Å². The zero-order chi connectivity index (χ0) is 17.7. The summed E-state index contributed by atoms with van der Waals surface area (Å²) < 4.78 is 26.1. The Balaban J connectivity index is 1.47. The fourth-order valence-electron chi connectivity index (χ4n) is 4.78. The molecular formula is C19H23ClF2N2O. The molecular weight excluding hydrogens is 346 g/mol. The van der Waals surface area contributed by atoms with E-state index >= 15 is 0 Å². The molecule has 4 aliphatic rings. The van der Waals surface area contributed by atoms with Crippen molar-refractivity contribution in [2.24, 2.45) is 11.8 Å². The molecule has 0 spiro atoms. The lowest BCUT2D eigenvalue weighted by Crippen LogP contribution is -2.63. The number of carbonyl (C=O) groups is 1. The van der Waals surface area contributed by atoms with Crippen molar-refractivity contribution in [3.63, 3.8) is 0 Å². The van der Waals surface area contributed by atoms with Gasteiger partial charge in [0.1, 0.15) is 0 Å². The highest BCUT2D eigenvalue weighted by atomic mass is 35.5. The first-order valence-electron chi connectivity index (χ1n) is 9.11. The summed E-state index contributed by atoms with van der Waals surface area (Å²) in [6.07, 6.45) is 2.16. The third-order valence-corrected chi connectivity index (χ3v) is 6.56. The van der Waals surface area contributed by atoms with Gasteiger partial charge in [0.15, 0.2) is 0 Å². The summed E-state index contributed by atoms with van der Waals surface area (Å²) in [5.74, 6) is -0.159. The minimum Gasteiger partial charge on any atom is -0.318 e. The summed E-state index contributed by atoms with van der Waals surface area (Å²) in [6, 6.07) is 5.83. The second-order valence-corrected chi connectivity index (χ2v) is 8.28. The van der Waals surface area contributed by atoms with Crippen LogP contribution in [0.2, 0.25) is 5.02 Å². The Bertz CT molecular complexity index is 671. The van der Waals surface area contributed by atoms with Crippen molar-refractivity contribution >= 4 is 23.3 Å². The van der Waals surface area contributed by atoms with Crippen LogP contribution in [0.1, 0.15) is 50.5 Å². The van der Waals surface area contributed by atoms with Crippen molar-refractivity contribution < 1.29 is 13.6 Å². The van der Waals surface area contributed by atoms with Crippen LogP contribution in [-0.2, 0) is 0 Å². The van der Waals surface area contributed by atoms with Crippen LogP contribution in [0.4, 0.5) is 19.3 Å². The summed E-state index contributed by atoms with van der Waals surface area (Å²) in [4.78, 5) is 14.5. The molecule has 2 amide bonds. The molecule has 0 aromatic heterocycles. The van der Waals surface area contributed by atoms with Crippen LogP contribution in [0.25, 0.3) is 0 Å². The van der Waals surface area contributed by atoms with Gasteiger partial charge in [-0.3, -0.25) is 0 Å². The van der Waals surface area contributed by atoms with E-state index in [0.717, 1.165) is 31.2 Å². The van der Waals surface area contributed by atoms with Crippen molar-refractivity contribution in [2.45, 2.75) is 63.5 Å². The summed E-state index contributed by atoms with van der Waals surface area (Å²) in [5, 5.41) is 3.45. The second-order valence-electron chi connectivity index (χ2n) is 7.88. The Morgan fingerprint density at radius 2 is 1.96 bits per heavy atom. The molecule has 25 heavy (non-hydrogen) atoms. The zero-order valence-corrected chi connectivity index (χ0v) is 15.0. The fourth-order valence-corrected chi connectivity index (χ4v) is 5.04. The maximum Gasteiger partial charge on any atom is 0.322 e. The molecule has 136 valence electrons. The van der Waals surface area contributed by atoms with Gasteiger partial charge < -0.3 is 10.2 Å². The average Bonchev–Trinajstić information content (AvgIpc) is 2.48. The van der Waals surface area contributed by atoms with E-state index in [1.807, 2.05) is 4.90 Å². The SMILES string of the molecule is CC1CC2CC(C1)N2C(=O)Nc1ccc(Cl)c([C@H]2CC[C@H]2C(F)F)c1. The van der Waals surface area contributed by atoms with E-state index < -0.39 is 12.3 Å². The number of nitrogens with zero attached hydrogens (tertiary/aromatic N) is 1. The van der Waals surface area contributed by atoms with Crippen molar-refractivity contribution in [1.82, 2.24) is 4.90 Å². The monoisotopic (exact) mass is 368 g/mol. The lowest BCUT2D eigenvalue weighted by atomic mass is 9.70. The maximum absolute atomic E-state index is 13.1. The lowest BCUT2D eigenvalue weighted by molar-refractivity contribution is -0.00602. The third kappa shape index (κ3) is 3.01. The molecule has 4 atom stereocenters. The van der Waals surface area contributed by atoms with E-state index in [4.69, 9.17) is 11.6 Å². The van der Waals surface area contributed by atoms with Gasteiger partial charge in [-0.25, -0.2) is 13.6 Å². The van der Waals surface area contributed by atoms with Gasteiger partial charge in [0.25, 0.3) is 0 Å². The standard InChI is InChI=1S/C19H23ClF2N2O/c1-10-6-12-9-13(7-10)24(12)19(25)23-11-2-5-17(20)16(8-11)14-3-4-15(14)18(21)22/h2,5,8,10,12-15,18H,3-4,6-7,9H2,1H3,(H,23,25)/t10?,12?,13?,14-,15+/m0/s1. The summed E-state index contributed by atoms with van der Waals surface area (Å²) in [5.41, 5.74) is 1.37. The number of hydrogen-bond acceptors (Lipinski definition) is 1. The van der Waals surface area contributed by atoms with Crippen LogP contribution < -0.4 is 5.32 Å². The molecule has 2 saturated heterocycles. The molecule has 2 saturated carbocycles. The normalized spacial score (nSPS) is 33.6. The van der Waals surface area contributed by atoms with E-state index in [1.165, 1.54) is 0 Å². The minimum atomic E-state index is -2.32. The molecule has 2 bridgehead atoms. The molecule has 5 rings (SSSR count). The topological polar surface area (TPSA) is 32.3 Å². The number of piperidine rings is 1. The average molecular weight is 369 g/mol. The quantitative estimate of drug-likeness (QED) is 0.750. The Kier molecular flexibility index (Phi) is 4.38.